The highest BCUT2D eigenvalue weighted by Gasteiger charge is 2.34. The van der Waals surface area contributed by atoms with E-state index in [0.717, 1.165) is 0 Å². The Morgan fingerprint density at radius 3 is 2.05 bits per heavy atom. The van der Waals surface area contributed by atoms with Gasteiger partial charge in [-0.15, -0.1) is 0 Å². The zero-order valence-corrected chi connectivity index (χ0v) is 11.7. The van der Waals surface area contributed by atoms with Crippen LogP contribution in [0.4, 0.5) is 17.1 Å². The number of fused-ring (bicyclic) bond motifs is 1. The molecule has 3 rings (SSSR count). The van der Waals surface area contributed by atoms with Gasteiger partial charge in [-0.05, 0) is 45.0 Å². The van der Waals surface area contributed by atoms with Crippen molar-refractivity contribution in [1.29, 1.82) is 0 Å². The van der Waals surface area contributed by atoms with Crippen LogP contribution >= 0.6 is 0 Å². The van der Waals surface area contributed by atoms with Gasteiger partial charge in [0.25, 0.3) is 0 Å². The van der Waals surface area contributed by atoms with E-state index in [4.69, 9.17) is 0 Å². The first-order chi connectivity index (χ1) is 9.20. The Morgan fingerprint density at radius 1 is 0.842 bits per heavy atom. The number of rotatable bonds is 2. The van der Waals surface area contributed by atoms with Gasteiger partial charge < -0.3 is 9.80 Å². The molecule has 98 valence electrons. The number of benzene rings is 2. The molecule has 0 spiro atoms. The van der Waals surface area contributed by atoms with Crippen LogP contribution in [0.5, 0.6) is 0 Å². The lowest BCUT2D eigenvalue weighted by atomic mass is 10.2. The molecule has 2 heteroatoms. The highest BCUT2D eigenvalue weighted by atomic mass is 15.4. The van der Waals surface area contributed by atoms with Crippen LogP contribution in [0.2, 0.25) is 0 Å². The minimum atomic E-state index is 0.347. The van der Waals surface area contributed by atoms with E-state index in [2.05, 4.69) is 85.2 Å². The lowest BCUT2D eigenvalue weighted by Crippen LogP contribution is -2.42. The van der Waals surface area contributed by atoms with Crippen LogP contribution in [0.25, 0.3) is 0 Å². The van der Waals surface area contributed by atoms with Gasteiger partial charge in [0, 0.05) is 11.7 Å². The van der Waals surface area contributed by atoms with E-state index in [1.54, 1.807) is 0 Å². The van der Waals surface area contributed by atoms with Crippen molar-refractivity contribution in [3.8, 4) is 0 Å². The van der Waals surface area contributed by atoms with Crippen molar-refractivity contribution in [2.45, 2.75) is 33.0 Å². The van der Waals surface area contributed by atoms with E-state index >= 15 is 0 Å². The van der Waals surface area contributed by atoms with Gasteiger partial charge in [-0.2, -0.15) is 0 Å². The predicted molar refractivity (Wildman–Crippen MR) is 82.1 cm³/mol. The summed E-state index contributed by atoms with van der Waals surface area (Å²) in [5, 5.41) is 0. The monoisotopic (exact) mass is 252 g/mol. The van der Waals surface area contributed by atoms with Crippen LogP contribution in [0.1, 0.15) is 20.8 Å². The zero-order chi connectivity index (χ0) is 13.4. The van der Waals surface area contributed by atoms with Gasteiger partial charge in [-0.3, -0.25) is 0 Å². The summed E-state index contributed by atoms with van der Waals surface area (Å²) in [4.78, 5) is 4.89. The molecule has 2 aromatic rings. The van der Waals surface area contributed by atoms with Crippen LogP contribution in [0.15, 0.2) is 54.6 Å². The normalized spacial score (nSPS) is 18.0. The summed E-state index contributed by atoms with van der Waals surface area (Å²) < 4.78 is 0. The number of nitrogens with zero attached hydrogens (tertiary/aromatic N) is 2. The zero-order valence-electron chi connectivity index (χ0n) is 11.7. The average Bonchev–Trinajstić information content (AvgIpc) is 2.71. The molecule has 1 unspecified atom stereocenters. The Morgan fingerprint density at radius 2 is 1.42 bits per heavy atom. The third-order valence-electron chi connectivity index (χ3n) is 3.79. The van der Waals surface area contributed by atoms with E-state index in [-0.39, 0.29) is 0 Å². The van der Waals surface area contributed by atoms with E-state index in [1.165, 1.54) is 17.1 Å². The summed E-state index contributed by atoms with van der Waals surface area (Å²) in [7, 11) is 0. The molecule has 2 nitrogen and oxygen atoms in total. The van der Waals surface area contributed by atoms with Gasteiger partial charge in [-0.1, -0.05) is 30.3 Å². The number of hydrogen-bond acceptors (Lipinski definition) is 2. The molecular weight excluding hydrogens is 232 g/mol. The SMILES string of the molecule is CC(C)N1c2ccccc2N(c2ccccc2)C1C. The van der Waals surface area contributed by atoms with Crippen molar-refractivity contribution in [2.24, 2.45) is 0 Å². The largest absolute Gasteiger partial charge is 0.347 e. The molecule has 0 aliphatic carbocycles. The third kappa shape index (κ3) is 1.88. The minimum Gasteiger partial charge on any atom is -0.347 e. The van der Waals surface area contributed by atoms with Crippen molar-refractivity contribution in [1.82, 2.24) is 0 Å². The standard InChI is InChI=1S/C17H20N2/c1-13(2)18-14(3)19(15-9-5-4-6-10-15)17-12-8-7-11-16(17)18/h4-14H,1-3H3. The van der Waals surface area contributed by atoms with Crippen molar-refractivity contribution in [3.63, 3.8) is 0 Å². The maximum absolute atomic E-state index is 2.47. The van der Waals surface area contributed by atoms with Crippen molar-refractivity contribution < 1.29 is 0 Å². The Hall–Kier alpha value is -1.96. The first kappa shape index (κ1) is 12.1. The molecule has 0 fully saturated rings. The molecule has 0 N–H and O–H groups in total. The van der Waals surface area contributed by atoms with E-state index < -0.39 is 0 Å². The van der Waals surface area contributed by atoms with E-state index in [1.807, 2.05) is 0 Å². The van der Waals surface area contributed by atoms with Crippen molar-refractivity contribution >= 4 is 17.1 Å². The number of hydrogen-bond donors (Lipinski definition) is 0. The second kappa shape index (κ2) is 4.61. The lowest BCUT2D eigenvalue weighted by molar-refractivity contribution is 0.607. The van der Waals surface area contributed by atoms with Crippen LogP contribution in [0.3, 0.4) is 0 Å². The third-order valence-corrected chi connectivity index (χ3v) is 3.79. The summed E-state index contributed by atoms with van der Waals surface area (Å²) in [6.07, 6.45) is 0.347. The molecule has 1 atom stereocenters. The molecule has 1 aliphatic heterocycles. The van der Waals surface area contributed by atoms with Crippen LogP contribution in [-0.4, -0.2) is 12.2 Å². The predicted octanol–water partition coefficient (Wildman–Crippen LogP) is 4.40. The van der Waals surface area contributed by atoms with Gasteiger partial charge in [0.15, 0.2) is 0 Å². The highest BCUT2D eigenvalue weighted by molar-refractivity contribution is 5.83. The highest BCUT2D eigenvalue weighted by Crippen LogP contribution is 2.44. The summed E-state index contributed by atoms with van der Waals surface area (Å²) in [5.41, 5.74) is 3.88. The Balaban J connectivity index is 2.12. The van der Waals surface area contributed by atoms with E-state index in [0.29, 0.717) is 12.2 Å². The Bertz CT molecular complexity index is 562. The molecule has 0 saturated carbocycles. The van der Waals surface area contributed by atoms with Crippen LogP contribution in [-0.2, 0) is 0 Å². The molecule has 0 aromatic heterocycles. The molecular formula is C17H20N2. The maximum atomic E-state index is 2.47. The molecule has 2 aromatic carbocycles. The Labute approximate surface area is 115 Å². The van der Waals surface area contributed by atoms with Crippen LogP contribution in [0, 0.1) is 0 Å². The van der Waals surface area contributed by atoms with Gasteiger partial charge in [-0.25, -0.2) is 0 Å². The van der Waals surface area contributed by atoms with Crippen molar-refractivity contribution in [2.75, 3.05) is 9.80 Å². The quantitative estimate of drug-likeness (QED) is 0.781. The fourth-order valence-electron chi connectivity index (χ4n) is 3.07. The summed E-state index contributed by atoms with van der Waals surface area (Å²) in [5.74, 6) is 0. The second-order valence-electron chi connectivity index (χ2n) is 5.33. The molecule has 19 heavy (non-hydrogen) atoms. The second-order valence-corrected chi connectivity index (χ2v) is 5.33. The molecule has 1 aliphatic rings. The Kier molecular flexibility index (Phi) is 2.94. The minimum absolute atomic E-state index is 0.347. The first-order valence-corrected chi connectivity index (χ1v) is 6.92. The maximum Gasteiger partial charge on any atom is 0.104 e. The summed E-state index contributed by atoms with van der Waals surface area (Å²) in [6, 6.07) is 19.8. The fraction of sp³-hybridized carbons (Fsp3) is 0.294. The van der Waals surface area contributed by atoms with Gasteiger partial charge in [0.1, 0.15) is 6.17 Å². The number of anilines is 3. The summed E-state index contributed by atoms with van der Waals surface area (Å²) >= 11 is 0. The lowest BCUT2D eigenvalue weighted by Gasteiger charge is -2.33. The number of para-hydroxylation sites is 3. The topological polar surface area (TPSA) is 6.48 Å². The smallest absolute Gasteiger partial charge is 0.104 e. The molecule has 0 saturated heterocycles. The van der Waals surface area contributed by atoms with Crippen LogP contribution < -0.4 is 9.80 Å². The summed E-state index contributed by atoms with van der Waals surface area (Å²) in [6.45, 7) is 6.77. The average molecular weight is 252 g/mol. The molecule has 0 bridgehead atoms. The van der Waals surface area contributed by atoms with Gasteiger partial charge >= 0.3 is 0 Å². The molecule has 0 amide bonds. The van der Waals surface area contributed by atoms with Gasteiger partial charge in [0.2, 0.25) is 0 Å². The fourth-order valence-corrected chi connectivity index (χ4v) is 3.07. The van der Waals surface area contributed by atoms with Crippen molar-refractivity contribution in [3.05, 3.63) is 54.6 Å². The molecule has 0 radical (unpaired) electrons. The molecule has 1 heterocycles. The van der Waals surface area contributed by atoms with Gasteiger partial charge in [0.05, 0.1) is 11.4 Å². The first-order valence-electron chi connectivity index (χ1n) is 6.92. The van der Waals surface area contributed by atoms with E-state index in [9.17, 15) is 0 Å².